The second-order valence-electron chi connectivity index (χ2n) is 6.98. The van der Waals surface area contributed by atoms with Crippen molar-refractivity contribution in [2.75, 3.05) is 6.54 Å². The first-order valence-corrected chi connectivity index (χ1v) is 8.95. The summed E-state index contributed by atoms with van der Waals surface area (Å²) in [4.78, 5) is 15.0. The summed E-state index contributed by atoms with van der Waals surface area (Å²) in [5.41, 5.74) is 1.19. The molecule has 1 aromatic carbocycles. The number of nitriles is 1. The summed E-state index contributed by atoms with van der Waals surface area (Å²) in [5, 5.41) is 17.4. The smallest absolute Gasteiger partial charge is 0.254 e. The van der Waals surface area contributed by atoms with Gasteiger partial charge in [-0.15, -0.1) is 10.2 Å². The Morgan fingerprint density at radius 1 is 1.20 bits per heavy atom. The minimum absolute atomic E-state index is 0.00941. The molecule has 2 fully saturated rings. The van der Waals surface area contributed by atoms with E-state index < -0.39 is 0 Å². The maximum absolute atomic E-state index is 13.0. The van der Waals surface area contributed by atoms with Gasteiger partial charge < -0.3 is 9.47 Å². The Kier molecular flexibility index (Phi) is 4.22. The van der Waals surface area contributed by atoms with Gasteiger partial charge in [-0.3, -0.25) is 4.79 Å². The van der Waals surface area contributed by atoms with Gasteiger partial charge in [0, 0.05) is 18.7 Å². The normalized spacial score (nSPS) is 20.3. The van der Waals surface area contributed by atoms with E-state index in [1.807, 2.05) is 4.90 Å². The monoisotopic (exact) mass is 335 g/mol. The van der Waals surface area contributed by atoms with Gasteiger partial charge in [0.25, 0.3) is 5.91 Å². The maximum atomic E-state index is 13.0. The van der Waals surface area contributed by atoms with E-state index in [1.54, 1.807) is 30.6 Å². The maximum Gasteiger partial charge on any atom is 0.254 e. The number of hydrogen-bond donors (Lipinski definition) is 0. The van der Waals surface area contributed by atoms with Crippen molar-refractivity contribution in [2.24, 2.45) is 5.92 Å². The molecule has 128 valence electrons. The van der Waals surface area contributed by atoms with Crippen LogP contribution in [0.25, 0.3) is 0 Å². The number of benzene rings is 1. The largest absolute Gasteiger partial charge is 0.328 e. The molecule has 4 rings (SSSR count). The van der Waals surface area contributed by atoms with E-state index in [0.717, 1.165) is 44.1 Å². The Morgan fingerprint density at radius 3 is 2.72 bits per heavy atom. The highest BCUT2D eigenvalue weighted by atomic mass is 16.2. The molecule has 1 amide bonds. The molecule has 2 aromatic rings. The third-order valence-corrected chi connectivity index (χ3v) is 5.12. The molecule has 6 heteroatoms. The molecule has 1 atom stereocenters. The second kappa shape index (κ2) is 6.67. The molecular formula is C19H21N5O. The summed E-state index contributed by atoms with van der Waals surface area (Å²) in [6.45, 7) is 1.69. The molecule has 1 aliphatic carbocycles. The van der Waals surface area contributed by atoms with E-state index in [1.165, 1.54) is 12.8 Å². The number of carbonyl (C=O) groups excluding carboxylic acids is 1. The fourth-order valence-electron chi connectivity index (χ4n) is 3.54. The van der Waals surface area contributed by atoms with Gasteiger partial charge in [0.15, 0.2) is 5.82 Å². The summed E-state index contributed by atoms with van der Waals surface area (Å²) >= 11 is 0. The minimum atomic E-state index is -0.0156. The van der Waals surface area contributed by atoms with Crippen LogP contribution in [0.1, 0.15) is 59.9 Å². The van der Waals surface area contributed by atoms with E-state index >= 15 is 0 Å². The summed E-state index contributed by atoms with van der Waals surface area (Å²) in [6.07, 6.45) is 7.37. The van der Waals surface area contributed by atoms with Crippen LogP contribution in [0, 0.1) is 17.2 Å². The first-order chi connectivity index (χ1) is 12.3. The number of amides is 1. The second-order valence-corrected chi connectivity index (χ2v) is 6.98. The molecule has 25 heavy (non-hydrogen) atoms. The lowest BCUT2D eigenvalue weighted by Crippen LogP contribution is -2.39. The summed E-state index contributed by atoms with van der Waals surface area (Å²) in [6, 6.07) is 8.94. The van der Waals surface area contributed by atoms with Crippen molar-refractivity contribution in [3.63, 3.8) is 0 Å². The molecule has 0 N–H and O–H groups in total. The molecule has 2 aliphatic rings. The van der Waals surface area contributed by atoms with Crippen LogP contribution in [0.3, 0.4) is 0 Å². The van der Waals surface area contributed by atoms with E-state index in [0.29, 0.717) is 11.1 Å². The molecule has 1 saturated heterocycles. The van der Waals surface area contributed by atoms with Gasteiger partial charge in [-0.25, -0.2) is 0 Å². The molecule has 6 nitrogen and oxygen atoms in total. The molecule has 1 aliphatic heterocycles. The molecule has 1 aromatic heterocycles. The number of carbonyl (C=O) groups is 1. The lowest BCUT2D eigenvalue weighted by molar-refractivity contribution is 0.0594. The van der Waals surface area contributed by atoms with Crippen molar-refractivity contribution in [3.8, 4) is 6.07 Å². The number of rotatable bonds is 4. The van der Waals surface area contributed by atoms with Crippen LogP contribution in [-0.2, 0) is 6.54 Å². The summed E-state index contributed by atoms with van der Waals surface area (Å²) in [7, 11) is 0. The molecule has 2 heterocycles. The van der Waals surface area contributed by atoms with Gasteiger partial charge in [-0.05, 0) is 62.3 Å². The third kappa shape index (κ3) is 3.27. The highest BCUT2D eigenvalue weighted by molar-refractivity contribution is 5.94. The van der Waals surface area contributed by atoms with E-state index in [-0.39, 0.29) is 11.9 Å². The molecule has 0 radical (unpaired) electrons. The van der Waals surface area contributed by atoms with E-state index in [2.05, 4.69) is 20.8 Å². The predicted molar refractivity (Wildman–Crippen MR) is 91.5 cm³/mol. The van der Waals surface area contributed by atoms with Gasteiger partial charge >= 0.3 is 0 Å². The van der Waals surface area contributed by atoms with Gasteiger partial charge in [0.2, 0.25) is 0 Å². The highest BCUT2D eigenvalue weighted by Gasteiger charge is 2.33. The van der Waals surface area contributed by atoms with Crippen LogP contribution in [0.15, 0.2) is 30.6 Å². The van der Waals surface area contributed by atoms with Crippen LogP contribution >= 0.6 is 0 Å². The van der Waals surface area contributed by atoms with Crippen LogP contribution in [0.5, 0.6) is 0 Å². The summed E-state index contributed by atoms with van der Waals surface area (Å²) in [5.74, 6) is 1.66. The van der Waals surface area contributed by atoms with Crippen LogP contribution in [0.2, 0.25) is 0 Å². The van der Waals surface area contributed by atoms with Gasteiger partial charge in [-0.1, -0.05) is 0 Å². The van der Waals surface area contributed by atoms with Crippen molar-refractivity contribution < 1.29 is 4.79 Å². The number of piperidine rings is 1. The average molecular weight is 335 g/mol. The average Bonchev–Trinajstić information content (AvgIpc) is 3.36. The van der Waals surface area contributed by atoms with Crippen molar-refractivity contribution >= 4 is 5.91 Å². The van der Waals surface area contributed by atoms with Crippen LogP contribution < -0.4 is 0 Å². The number of likely N-dealkylation sites (tertiary alicyclic amines) is 1. The van der Waals surface area contributed by atoms with Crippen molar-refractivity contribution in [2.45, 2.75) is 44.7 Å². The Morgan fingerprint density at radius 2 is 2.00 bits per heavy atom. The summed E-state index contributed by atoms with van der Waals surface area (Å²) < 4.78 is 2.13. The van der Waals surface area contributed by atoms with E-state index in [4.69, 9.17) is 5.26 Å². The van der Waals surface area contributed by atoms with E-state index in [9.17, 15) is 4.79 Å². The first kappa shape index (κ1) is 15.8. The lowest BCUT2D eigenvalue weighted by atomic mass is 9.99. The highest BCUT2D eigenvalue weighted by Crippen LogP contribution is 2.34. The molecule has 0 unspecified atom stereocenters. The molecule has 0 spiro atoms. The minimum Gasteiger partial charge on any atom is -0.328 e. The molecule has 1 saturated carbocycles. The van der Waals surface area contributed by atoms with Gasteiger partial charge in [0.05, 0.1) is 17.7 Å². The standard InChI is InChI=1S/C19H21N5O/c20-11-14-6-8-16(9-7-14)19(25)24-10-2-1-3-17(24)18-22-21-13-23(18)12-15-4-5-15/h6-9,13,15,17H,1-5,10,12H2/t17-/m0/s1. The van der Waals surface area contributed by atoms with Gasteiger partial charge in [0.1, 0.15) is 6.33 Å². The van der Waals surface area contributed by atoms with Crippen molar-refractivity contribution in [1.29, 1.82) is 5.26 Å². The Bertz CT molecular complexity index is 800. The molecular weight excluding hydrogens is 314 g/mol. The SMILES string of the molecule is N#Cc1ccc(C(=O)N2CCCC[C@H]2c2nncn2CC2CC2)cc1. The zero-order valence-electron chi connectivity index (χ0n) is 14.1. The number of nitrogens with zero attached hydrogens (tertiary/aromatic N) is 5. The Balaban J connectivity index is 1.59. The fraction of sp³-hybridized carbons (Fsp3) is 0.474. The fourth-order valence-corrected chi connectivity index (χ4v) is 3.54. The first-order valence-electron chi connectivity index (χ1n) is 8.95. The topological polar surface area (TPSA) is 74.8 Å². The predicted octanol–water partition coefficient (Wildman–Crippen LogP) is 2.93. The van der Waals surface area contributed by atoms with Crippen molar-refractivity contribution in [1.82, 2.24) is 19.7 Å². The molecule has 0 bridgehead atoms. The van der Waals surface area contributed by atoms with Crippen LogP contribution in [0.4, 0.5) is 0 Å². The number of hydrogen-bond acceptors (Lipinski definition) is 4. The van der Waals surface area contributed by atoms with Crippen LogP contribution in [-0.4, -0.2) is 32.1 Å². The third-order valence-electron chi connectivity index (χ3n) is 5.12. The zero-order valence-corrected chi connectivity index (χ0v) is 14.1. The number of aromatic nitrogens is 3. The zero-order chi connectivity index (χ0) is 17.2. The van der Waals surface area contributed by atoms with Gasteiger partial charge in [-0.2, -0.15) is 5.26 Å². The Hall–Kier alpha value is -2.68. The quantitative estimate of drug-likeness (QED) is 0.861. The Labute approximate surface area is 147 Å². The lowest BCUT2D eigenvalue weighted by Gasteiger charge is -2.35. The van der Waals surface area contributed by atoms with Crippen molar-refractivity contribution in [3.05, 3.63) is 47.5 Å².